The van der Waals surface area contributed by atoms with E-state index in [1.165, 1.54) is 5.56 Å². The standard InChI is InChI=1S/C16H25NO2/c1-15(2)12-16(8-10-17,9-11-19-15)13-4-6-14(18-3)7-5-13/h4-7H,8-12,17H2,1-3H3/t16-/m1/s1. The second-order valence-electron chi connectivity index (χ2n) is 6.08. The Morgan fingerprint density at radius 1 is 1.26 bits per heavy atom. The van der Waals surface area contributed by atoms with Crippen LogP contribution in [0.5, 0.6) is 5.75 Å². The van der Waals surface area contributed by atoms with E-state index in [1.807, 2.05) is 12.1 Å². The molecule has 1 saturated heterocycles. The van der Waals surface area contributed by atoms with Crippen molar-refractivity contribution in [2.24, 2.45) is 5.73 Å². The Morgan fingerprint density at radius 2 is 1.95 bits per heavy atom. The molecule has 3 heteroatoms. The van der Waals surface area contributed by atoms with Crippen LogP contribution in [0.15, 0.2) is 24.3 Å². The van der Waals surface area contributed by atoms with Gasteiger partial charge in [0.25, 0.3) is 0 Å². The normalized spacial score (nSPS) is 26.1. The van der Waals surface area contributed by atoms with Crippen molar-refractivity contribution in [3.63, 3.8) is 0 Å². The highest BCUT2D eigenvalue weighted by Gasteiger charge is 2.41. The minimum atomic E-state index is -0.0760. The third kappa shape index (κ3) is 3.10. The van der Waals surface area contributed by atoms with Crippen LogP contribution >= 0.6 is 0 Å². The van der Waals surface area contributed by atoms with E-state index in [1.54, 1.807) is 7.11 Å². The van der Waals surface area contributed by atoms with Crippen molar-refractivity contribution in [1.82, 2.24) is 0 Å². The van der Waals surface area contributed by atoms with E-state index in [0.717, 1.165) is 31.6 Å². The zero-order valence-corrected chi connectivity index (χ0v) is 12.2. The molecule has 0 aromatic heterocycles. The van der Waals surface area contributed by atoms with Gasteiger partial charge in [-0.25, -0.2) is 0 Å². The van der Waals surface area contributed by atoms with E-state index in [9.17, 15) is 0 Å². The SMILES string of the molecule is COc1ccc([C@]2(CCN)CCOC(C)(C)C2)cc1. The minimum Gasteiger partial charge on any atom is -0.497 e. The van der Waals surface area contributed by atoms with E-state index >= 15 is 0 Å². The number of nitrogens with two attached hydrogens (primary N) is 1. The van der Waals surface area contributed by atoms with Gasteiger partial charge in [0, 0.05) is 12.0 Å². The molecule has 0 unspecified atom stereocenters. The lowest BCUT2D eigenvalue weighted by Gasteiger charge is -2.45. The molecule has 1 atom stereocenters. The summed E-state index contributed by atoms with van der Waals surface area (Å²) in [7, 11) is 1.70. The zero-order chi connectivity index (χ0) is 13.9. The van der Waals surface area contributed by atoms with E-state index in [2.05, 4.69) is 26.0 Å². The average Bonchev–Trinajstić information content (AvgIpc) is 2.38. The predicted molar refractivity (Wildman–Crippen MR) is 77.6 cm³/mol. The predicted octanol–water partition coefficient (Wildman–Crippen LogP) is 2.87. The molecule has 19 heavy (non-hydrogen) atoms. The van der Waals surface area contributed by atoms with Crippen LogP contribution in [0.25, 0.3) is 0 Å². The molecule has 0 aliphatic carbocycles. The summed E-state index contributed by atoms with van der Waals surface area (Å²) < 4.78 is 11.1. The smallest absolute Gasteiger partial charge is 0.118 e. The highest BCUT2D eigenvalue weighted by atomic mass is 16.5. The van der Waals surface area contributed by atoms with Crippen molar-refractivity contribution < 1.29 is 9.47 Å². The Kier molecular flexibility index (Phi) is 4.16. The van der Waals surface area contributed by atoms with Gasteiger partial charge in [-0.2, -0.15) is 0 Å². The lowest BCUT2D eigenvalue weighted by Crippen LogP contribution is -2.45. The Hall–Kier alpha value is -1.06. The first-order valence-electron chi connectivity index (χ1n) is 7.00. The number of rotatable bonds is 4. The molecule has 1 aliphatic rings. The molecule has 106 valence electrons. The van der Waals surface area contributed by atoms with E-state index < -0.39 is 0 Å². The van der Waals surface area contributed by atoms with Crippen LogP contribution in [-0.2, 0) is 10.2 Å². The highest BCUT2D eigenvalue weighted by molar-refractivity contribution is 5.33. The summed E-state index contributed by atoms with van der Waals surface area (Å²) >= 11 is 0. The quantitative estimate of drug-likeness (QED) is 0.908. The van der Waals surface area contributed by atoms with Gasteiger partial charge in [0.1, 0.15) is 5.75 Å². The molecule has 0 amide bonds. The summed E-state index contributed by atoms with van der Waals surface area (Å²) in [5, 5.41) is 0. The van der Waals surface area contributed by atoms with Gasteiger partial charge in [-0.05, 0) is 57.4 Å². The fourth-order valence-corrected chi connectivity index (χ4v) is 3.30. The van der Waals surface area contributed by atoms with Crippen LogP contribution in [0.1, 0.15) is 38.7 Å². The van der Waals surface area contributed by atoms with Crippen molar-refractivity contribution in [1.29, 1.82) is 0 Å². The van der Waals surface area contributed by atoms with Crippen molar-refractivity contribution in [2.45, 2.75) is 44.1 Å². The summed E-state index contributed by atoms with van der Waals surface area (Å²) in [6, 6.07) is 8.43. The Labute approximate surface area is 116 Å². The first-order valence-corrected chi connectivity index (χ1v) is 7.00. The van der Waals surface area contributed by atoms with Gasteiger partial charge in [0.2, 0.25) is 0 Å². The fourth-order valence-electron chi connectivity index (χ4n) is 3.30. The van der Waals surface area contributed by atoms with Gasteiger partial charge in [-0.3, -0.25) is 0 Å². The summed E-state index contributed by atoms with van der Waals surface area (Å²) in [5.74, 6) is 0.901. The molecule has 1 aromatic rings. The first-order chi connectivity index (χ1) is 9.01. The molecule has 0 saturated carbocycles. The molecule has 3 nitrogen and oxygen atoms in total. The fraction of sp³-hybridized carbons (Fsp3) is 0.625. The van der Waals surface area contributed by atoms with Crippen molar-refractivity contribution in [2.75, 3.05) is 20.3 Å². The molecule has 1 fully saturated rings. The monoisotopic (exact) mass is 263 g/mol. The summed E-state index contributed by atoms with van der Waals surface area (Å²) in [6.07, 6.45) is 3.07. The van der Waals surface area contributed by atoms with Gasteiger partial charge in [-0.15, -0.1) is 0 Å². The van der Waals surface area contributed by atoms with Gasteiger partial charge in [-0.1, -0.05) is 12.1 Å². The van der Waals surface area contributed by atoms with E-state index in [0.29, 0.717) is 6.54 Å². The van der Waals surface area contributed by atoms with Crippen LogP contribution < -0.4 is 10.5 Å². The molecule has 0 bridgehead atoms. The number of hydrogen-bond donors (Lipinski definition) is 1. The van der Waals surface area contributed by atoms with Crippen LogP contribution in [0, 0.1) is 0 Å². The Balaban J connectivity index is 2.32. The number of hydrogen-bond acceptors (Lipinski definition) is 3. The molecule has 1 heterocycles. The average molecular weight is 263 g/mol. The summed E-state index contributed by atoms with van der Waals surface area (Å²) in [4.78, 5) is 0. The minimum absolute atomic E-state index is 0.0760. The molecule has 1 aromatic carbocycles. The summed E-state index contributed by atoms with van der Waals surface area (Å²) in [5.41, 5.74) is 7.28. The molecule has 2 N–H and O–H groups in total. The molecular formula is C16H25NO2. The third-order valence-corrected chi connectivity index (χ3v) is 4.16. The van der Waals surface area contributed by atoms with E-state index in [-0.39, 0.29) is 11.0 Å². The molecular weight excluding hydrogens is 238 g/mol. The van der Waals surface area contributed by atoms with Crippen molar-refractivity contribution in [3.8, 4) is 5.75 Å². The number of ether oxygens (including phenoxy) is 2. The molecule has 1 aliphatic heterocycles. The third-order valence-electron chi connectivity index (χ3n) is 4.16. The topological polar surface area (TPSA) is 44.5 Å². The zero-order valence-electron chi connectivity index (χ0n) is 12.2. The van der Waals surface area contributed by atoms with Crippen molar-refractivity contribution >= 4 is 0 Å². The molecule has 0 radical (unpaired) electrons. The second kappa shape index (κ2) is 5.51. The maximum atomic E-state index is 5.87. The number of methoxy groups -OCH3 is 1. The largest absolute Gasteiger partial charge is 0.497 e. The van der Waals surface area contributed by atoms with Gasteiger partial charge < -0.3 is 15.2 Å². The van der Waals surface area contributed by atoms with Gasteiger partial charge in [0.05, 0.1) is 12.7 Å². The maximum Gasteiger partial charge on any atom is 0.118 e. The van der Waals surface area contributed by atoms with Crippen LogP contribution in [0.3, 0.4) is 0 Å². The van der Waals surface area contributed by atoms with Crippen LogP contribution in [0.4, 0.5) is 0 Å². The Morgan fingerprint density at radius 3 is 2.47 bits per heavy atom. The second-order valence-corrected chi connectivity index (χ2v) is 6.08. The molecule has 0 spiro atoms. The lowest BCUT2D eigenvalue weighted by molar-refractivity contribution is -0.0836. The number of benzene rings is 1. The lowest BCUT2D eigenvalue weighted by atomic mass is 9.67. The maximum absolute atomic E-state index is 5.87. The Bertz CT molecular complexity index is 409. The van der Waals surface area contributed by atoms with Gasteiger partial charge >= 0.3 is 0 Å². The summed E-state index contributed by atoms with van der Waals surface area (Å²) in [6.45, 7) is 5.85. The highest BCUT2D eigenvalue weighted by Crippen LogP contribution is 2.44. The first kappa shape index (κ1) is 14.4. The van der Waals surface area contributed by atoms with E-state index in [4.69, 9.17) is 15.2 Å². The molecule has 2 rings (SSSR count). The van der Waals surface area contributed by atoms with Crippen LogP contribution in [0.2, 0.25) is 0 Å². The van der Waals surface area contributed by atoms with Gasteiger partial charge in [0.15, 0.2) is 0 Å². The van der Waals surface area contributed by atoms with Crippen molar-refractivity contribution in [3.05, 3.63) is 29.8 Å². The van der Waals surface area contributed by atoms with Crippen LogP contribution in [-0.4, -0.2) is 25.9 Å².